The molecule has 0 bridgehead atoms. The Morgan fingerprint density at radius 2 is 1.86 bits per heavy atom. The van der Waals surface area contributed by atoms with Crippen molar-refractivity contribution in [3.63, 3.8) is 0 Å². The fraction of sp³-hybridized carbons (Fsp3) is 0.316. The van der Waals surface area contributed by atoms with Crippen molar-refractivity contribution in [3.8, 4) is 5.75 Å². The molecule has 1 fully saturated rings. The first-order valence-electron chi connectivity index (χ1n) is 8.71. The Bertz CT molecular complexity index is 974. The topological polar surface area (TPSA) is 75.7 Å². The highest BCUT2D eigenvalue weighted by Crippen LogP contribution is 2.27. The van der Waals surface area contributed by atoms with Gasteiger partial charge in [-0.15, -0.1) is 0 Å². The second kappa shape index (κ2) is 8.24. The quantitative estimate of drug-likeness (QED) is 0.822. The second-order valence-corrected chi connectivity index (χ2v) is 8.38. The van der Waals surface area contributed by atoms with Gasteiger partial charge in [-0.2, -0.15) is 4.31 Å². The third-order valence-corrected chi connectivity index (χ3v) is 6.59. The molecule has 6 nitrogen and oxygen atoms in total. The number of methoxy groups -OCH3 is 1. The van der Waals surface area contributed by atoms with Crippen LogP contribution in [0.3, 0.4) is 0 Å². The van der Waals surface area contributed by atoms with Crippen molar-refractivity contribution >= 4 is 21.6 Å². The average Bonchev–Trinajstić information content (AvgIpc) is 2.70. The van der Waals surface area contributed by atoms with Crippen molar-refractivity contribution in [1.29, 1.82) is 0 Å². The van der Waals surface area contributed by atoms with E-state index in [9.17, 15) is 22.0 Å². The predicted molar refractivity (Wildman–Crippen MR) is 99.5 cm³/mol. The third-order valence-electron chi connectivity index (χ3n) is 4.67. The summed E-state index contributed by atoms with van der Waals surface area (Å²) in [7, 11) is -2.64. The zero-order valence-electron chi connectivity index (χ0n) is 15.2. The lowest BCUT2D eigenvalue weighted by Crippen LogP contribution is -2.41. The van der Waals surface area contributed by atoms with Gasteiger partial charge in [0.25, 0.3) is 0 Å². The SMILES string of the molecule is COc1cccc(NC(=O)C2CCN(S(=O)(=O)c3cc(F)ccc3F)CC2)c1. The number of benzene rings is 2. The number of rotatable bonds is 5. The fourth-order valence-electron chi connectivity index (χ4n) is 3.12. The van der Waals surface area contributed by atoms with E-state index < -0.39 is 26.6 Å². The minimum absolute atomic E-state index is 0.0501. The molecule has 1 heterocycles. The number of sulfonamides is 1. The van der Waals surface area contributed by atoms with Crippen LogP contribution < -0.4 is 10.1 Å². The molecule has 1 aliphatic rings. The zero-order valence-corrected chi connectivity index (χ0v) is 16.0. The highest BCUT2D eigenvalue weighted by Gasteiger charge is 2.33. The average molecular weight is 410 g/mol. The van der Waals surface area contributed by atoms with Crippen molar-refractivity contribution < 1.29 is 26.7 Å². The van der Waals surface area contributed by atoms with Crippen LogP contribution in [0.5, 0.6) is 5.75 Å². The van der Waals surface area contributed by atoms with Crippen LogP contribution in [-0.2, 0) is 14.8 Å². The van der Waals surface area contributed by atoms with E-state index in [2.05, 4.69) is 5.32 Å². The predicted octanol–water partition coefficient (Wildman–Crippen LogP) is 3.01. The van der Waals surface area contributed by atoms with E-state index in [-0.39, 0.29) is 37.8 Å². The number of nitrogens with zero attached hydrogens (tertiary/aromatic N) is 1. The van der Waals surface area contributed by atoms with Crippen LogP contribution in [0.25, 0.3) is 0 Å². The van der Waals surface area contributed by atoms with Gasteiger partial charge < -0.3 is 10.1 Å². The number of anilines is 1. The minimum atomic E-state index is -4.16. The van der Waals surface area contributed by atoms with E-state index in [1.165, 1.54) is 7.11 Å². The third kappa shape index (κ3) is 4.31. The number of nitrogens with one attached hydrogen (secondary N) is 1. The van der Waals surface area contributed by atoms with Gasteiger partial charge in [0.2, 0.25) is 15.9 Å². The normalized spacial score (nSPS) is 16.0. The molecule has 0 saturated carbocycles. The summed E-state index contributed by atoms with van der Waals surface area (Å²) in [6, 6.07) is 9.24. The Balaban J connectivity index is 1.65. The molecule has 0 unspecified atom stereocenters. The van der Waals surface area contributed by atoms with Gasteiger partial charge in [-0.3, -0.25) is 4.79 Å². The molecule has 2 aromatic rings. The second-order valence-electron chi connectivity index (χ2n) is 6.47. The molecule has 150 valence electrons. The van der Waals surface area contributed by atoms with Gasteiger partial charge in [-0.1, -0.05) is 6.07 Å². The summed E-state index contributed by atoms with van der Waals surface area (Å²) >= 11 is 0. The Morgan fingerprint density at radius 1 is 1.14 bits per heavy atom. The monoisotopic (exact) mass is 410 g/mol. The van der Waals surface area contributed by atoms with Crippen LogP contribution in [0, 0.1) is 17.6 Å². The Hall–Kier alpha value is -2.52. The fourth-order valence-corrected chi connectivity index (χ4v) is 4.66. The highest BCUT2D eigenvalue weighted by molar-refractivity contribution is 7.89. The lowest BCUT2D eigenvalue weighted by atomic mass is 9.97. The Morgan fingerprint density at radius 3 is 2.54 bits per heavy atom. The molecule has 3 rings (SSSR count). The Labute approximate surface area is 162 Å². The van der Waals surface area contributed by atoms with Gasteiger partial charge in [0.15, 0.2) is 0 Å². The van der Waals surface area contributed by atoms with E-state index in [4.69, 9.17) is 4.74 Å². The summed E-state index contributed by atoms with van der Waals surface area (Å²) in [5, 5.41) is 2.79. The van der Waals surface area contributed by atoms with Crippen molar-refractivity contribution in [2.45, 2.75) is 17.7 Å². The summed E-state index contributed by atoms with van der Waals surface area (Å²) in [6.45, 7) is 0.100. The van der Waals surface area contributed by atoms with Crippen molar-refractivity contribution in [2.24, 2.45) is 5.92 Å². The molecule has 0 aliphatic carbocycles. The van der Waals surface area contributed by atoms with Crippen LogP contribution in [-0.4, -0.2) is 38.8 Å². The lowest BCUT2D eigenvalue weighted by molar-refractivity contribution is -0.120. The number of hydrogen-bond acceptors (Lipinski definition) is 4. The van der Waals surface area contributed by atoms with Crippen LogP contribution in [0.15, 0.2) is 47.4 Å². The van der Waals surface area contributed by atoms with Gasteiger partial charge in [0, 0.05) is 30.8 Å². The van der Waals surface area contributed by atoms with E-state index in [1.807, 2.05) is 0 Å². The van der Waals surface area contributed by atoms with Gasteiger partial charge in [0.05, 0.1) is 7.11 Å². The standard InChI is InChI=1S/C19H20F2N2O4S/c1-27-16-4-2-3-15(12-16)22-19(24)13-7-9-23(10-8-13)28(25,26)18-11-14(20)5-6-17(18)21/h2-6,11-13H,7-10H2,1H3,(H,22,24). The maximum absolute atomic E-state index is 13.9. The van der Waals surface area contributed by atoms with Gasteiger partial charge in [0.1, 0.15) is 22.3 Å². The number of halogens is 2. The maximum atomic E-state index is 13.9. The number of carbonyl (C=O) groups excluding carboxylic acids is 1. The molecular weight excluding hydrogens is 390 g/mol. The largest absolute Gasteiger partial charge is 0.497 e. The molecule has 0 radical (unpaired) electrons. The summed E-state index contributed by atoms with van der Waals surface area (Å²) < 4.78 is 58.6. The van der Waals surface area contributed by atoms with Gasteiger partial charge >= 0.3 is 0 Å². The van der Waals surface area contributed by atoms with Crippen LogP contribution >= 0.6 is 0 Å². The molecule has 2 aromatic carbocycles. The van der Waals surface area contributed by atoms with Crippen molar-refractivity contribution in [3.05, 3.63) is 54.1 Å². The van der Waals surface area contributed by atoms with Crippen LogP contribution in [0.1, 0.15) is 12.8 Å². The van der Waals surface area contributed by atoms with E-state index in [0.29, 0.717) is 17.5 Å². The number of carbonyl (C=O) groups is 1. The smallest absolute Gasteiger partial charge is 0.246 e. The van der Waals surface area contributed by atoms with E-state index in [0.717, 1.165) is 16.4 Å². The lowest BCUT2D eigenvalue weighted by Gasteiger charge is -2.30. The first-order chi connectivity index (χ1) is 13.3. The van der Waals surface area contributed by atoms with Crippen LogP contribution in [0.4, 0.5) is 14.5 Å². The minimum Gasteiger partial charge on any atom is -0.497 e. The molecule has 9 heteroatoms. The van der Waals surface area contributed by atoms with E-state index >= 15 is 0 Å². The molecule has 0 atom stereocenters. The number of ether oxygens (including phenoxy) is 1. The Kier molecular flexibility index (Phi) is 5.95. The molecular formula is C19H20F2N2O4S. The van der Waals surface area contributed by atoms with Crippen molar-refractivity contribution in [2.75, 3.05) is 25.5 Å². The molecule has 1 saturated heterocycles. The molecule has 0 aromatic heterocycles. The van der Waals surface area contributed by atoms with Gasteiger partial charge in [-0.05, 0) is 43.2 Å². The molecule has 28 heavy (non-hydrogen) atoms. The molecule has 0 spiro atoms. The highest BCUT2D eigenvalue weighted by atomic mass is 32.2. The van der Waals surface area contributed by atoms with Crippen LogP contribution in [0.2, 0.25) is 0 Å². The molecule has 1 N–H and O–H groups in total. The van der Waals surface area contributed by atoms with Crippen molar-refractivity contribution in [1.82, 2.24) is 4.31 Å². The molecule has 1 amide bonds. The molecule has 1 aliphatic heterocycles. The summed E-state index contributed by atoms with van der Waals surface area (Å²) in [5.74, 6) is -1.82. The maximum Gasteiger partial charge on any atom is 0.246 e. The zero-order chi connectivity index (χ0) is 20.3. The van der Waals surface area contributed by atoms with Gasteiger partial charge in [-0.25, -0.2) is 17.2 Å². The first-order valence-corrected chi connectivity index (χ1v) is 10.2. The number of hydrogen-bond donors (Lipinski definition) is 1. The van der Waals surface area contributed by atoms with E-state index in [1.54, 1.807) is 24.3 Å². The number of piperidine rings is 1. The summed E-state index contributed by atoms with van der Waals surface area (Å²) in [4.78, 5) is 11.8. The summed E-state index contributed by atoms with van der Waals surface area (Å²) in [5.41, 5.74) is 0.584. The summed E-state index contributed by atoms with van der Waals surface area (Å²) in [6.07, 6.45) is 0.567. The first kappa shape index (κ1) is 20.2. The number of amides is 1.